The molecule has 0 unspecified atom stereocenters. The molecule has 1 saturated carbocycles. The van der Waals surface area contributed by atoms with E-state index in [2.05, 4.69) is 32.0 Å². The van der Waals surface area contributed by atoms with Crippen molar-refractivity contribution in [2.45, 2.75) is 55.9 Å². The first-order chi connectivity index (χ1) is 20.8. The van der Waals surface area contributed by atoms with Gasteiger partial charge in [-0.2, -0.15) is 4.39 Å². The van der Waals surface area contributed by atoms with Gasteiger partial charge in [0, 0.05) is 37.2 Å². The summed E-state index contributed by atoms with van der Waals surface area (Å²) in [4.78, 5) is 33.8. The number of hydrogen-bond acceptors (Lipinski definition) is 5. The van der Waals surface area contributed by atoms with E-state index >= 15 is 0 Å². The molecule has 2 aromatic carbocycles. The first-order valence-corrected chi connectivity index (χ1v) is 14.5. The van der Waals surface area contributed by atoms with Crippen LogP contribution in [-0.4, -0.2) is 80.7 Å². The van der Waals surface area contributed by atoms with Crippen molar-refractivity contribution in [1.82, 2.24) is 30.1 Å². The van der Waals surface area contributed by atoms with Crippen molar-refractivity contribution in [2.24, 2.45) is 0 Å². The molecule has 0 spiro atoms. The molecule has 11 heteroatoms. The third kappa shape index (κ3) is 7.32. The Morgan fingerprint density at radius 3 is 2.53 bits per heavy atom. The van der Waals surface area contributed by atoms with Gasteiger partial charge in [0.05, 0.1) is 30.9 Å². The minimum Gasteiger partial charge on any atom is -0.340 e. The number of nitrogens with one attached hydrogen (secondary N) is 1. The van der Waals surface area contributed by atoms with Gasteiger partial charge in [-0.1, -0.05) is 23.4 Å². The van der Waals surface area contributed by atoms with E-state index < -0.39 is 11.8 Å². The predicted molar refractivity (Wildman–Crippen MR) is 157 cm³/mol. The van der Waals surface area contributed by atoms with E-state index in [0.717, 1.165) is 17.7 Å². The zero-order valence-electron chi connectivity index (χ0n) is 23.9. The fraction of sp³-hybridized carbons (Fsp3) is 0.406. The minimum atomic E-state index is -1.95. The molecule has 2 fully saturated rings. The molecule has 9 nitrogen and oxygen atoms in total. The Hall–Kier alpha value is -4.43. The monoisotopic (exact) mass is 587 g/mol. The van der Waals surface area contributed by atoms with Crippen LogP contribution < -0.4 is 5.32 Å². The third-order valence-corrected chi connectivity index (χ3v) is 8.29. The van der Waals surface area contributed by atoms with Gasteiger partial charge in [0.25, 0.3) is 5.91 Å². The van der Waals surface area contributed by atoms with E-state index in [9.17, 15) is 18.4 Å². The number of piperidine rings is 1. The van der Waals surface area contributed by atoms with Gasteiger partial charge in [-0.3, -0.25) is 19.3 Å². The third-order valence-electron chi connectivity index (χ3n) is 8.29. The molecule has 3 atom stereocenters. The number of halogens is 2. The van der Waals surface area contributed by atoms with E-state index in [-0.39, 0.29) is 43.6 Å². The Bertz CT molecular complexity index is 1450. The summed E-state index contributed by atoms with van der Waals surface area (Å²) in [6, 6.07) is 12.9. The highest BCUT2D eigenvalue weighted by atomic mass is 19.1. The van der Waals surface area contributed by atoms with Crippen molar-refractivity contribution in [3.05, 3.63) is 102 Å². The smallest absolute Gasteiger partial charge is 0.340 e. The van der Waals surface area contributed by atoms with Crippen LogP contribution in [-0.2, 0) is 4.79 Å². The number of benzene rings is 2. The number of rotatable bonds is 12. The predicted octanol–water partition coefficient (Wildman–Crippen LogP) is 4.54. The van der Waals surface area contributed by atoms with Crippen LogP contribution in [0.5, 0.6) is 0 Å². The van der Waals surface area contributed by atoms with Crippen LogP contribution in [0, 0.1) is 12.4 Å². The number of amides is 2. The van der Waals surface area contributed by atoms with E-state index in [1.165, 1.54) is 12.1 Å². The van der Waals surface area contributed by atoms with Crippen LogP contribution in [0.1, 0.15) is 53.9 Å². The Morgan fingerprint density at radius 1 is 1.19 bits per heavy atom. The van der Waals surface area contributed by atoms with Gasteiger partial charge in [-0.05, 0) is 67.8 Å². The lowest BCUT2D eigenvalue weighted by atomic mass is 10.0. The Morgan fingerprint density at radius 2 is 1.91 bits per heavy atom. The van der Waals surface area contributed by atoms with E-state index in [1.54, 1.807) is 46.2 Å². The maximum atomic E-state index is 14.5. The van der Waals surface area contributed by atoms with Crippen LogP contribution in [0.4, 0.5) is 8.78 Å². The van der Waals surface area contributed by atoms with E-state index in [0.29, 0.717) is 43.5 Å². The topological polar surface area (TPSA) is 87.7 Å². The molecule has 2 heterocycles. The van der Waals surface area contributed by atoms with Gasteiger partial charge in [0.1, 0.15) is 11.9 Å². The molecule has 1 aromatic heterocycles. The fourth-order valence-electron chi connectivity index (χ4n) is 5.72. The van der Waals surface area contributed by atoms with Crippen LogP contribution in [0.2, 0.25) is 0 Å². The van der Waals surface area contributed by atoms with Crippen LogP contribution in [0.3, 0.4) is 0 Å². The SMILES string of the molecule is [C-]#[N+]C1(F)CCN(C(=O)[C@H](CCCN(CC=C)[C@@H]2C[C@H]2c2ccc(F)cc2)NC(=O)c2ccc(-n3ccnn3)cc2)CC1. The summed E-state index contributed by atoms with van der Waals surface area (Å²) in [7, 11) is 0. The second-order valence-electron chi connectivity index (χ2n) is 11.2. The van der Waals surface area contributed by atoms with Crippen molar-refractivity contribution in [3.8, 4) is 5.69 Å². The molecule has 1 aliphatic carbocycles. The highest BCUT2D eigenvalue weighted by Crippen LogP contribution is 2.44. The molecule has 43 heavy (non-hydrogen) atoms. The van der Waals surface area contributed by atoms with Gasteiger partial charge in [0.2, 0.25) is 5.91 Å². The first kappa shape index (κ1) is 30.0. The second-order valence-corrected chi connectivity index (χ2v) is 11.2. The van der Waals surface area contributed by atoms with Gasteiger partial charge >= 0.3 is 5.79 Å². The zero-order valence-corrected chi connectivity index (χ0v) is 23.9. The Kier molecular flexibility index (Phi) is 9.26. The number of likely N-dealkylation sites (tertiary alicyclic amines) is 1. The zero-order chi connectivity index (χ0) is 30.4. The normalized spacial score (nSPS) is 19.8. The summed E-state index contributed by atoms with van der Waals surface area (Å²) in [6.07, 6.45) is 6.99. The summed E-state index contributed by atoms with van der Waals surface area (Å²) in [5, 5.41) is 10.7. The Balaban J connectivity index is 1.24. The summed E-state index contributed by atoms with van der Waals surface area (Å²) < 4.78 is 29.5. The molecule has 2 aliphatic rings. The number of carbonyl (C=O) groups excluding carboxylic acids is 2. The largest absolute Gasteiger partial charge is 0.374 e. The van der Waals surface area contributed by atoms with E-state index in [1.807, 2.05) is 18.2 Å². The molecule has 1 saturated heterocycles. The molecule has 0 radical (unpaired) electrons. The van der Waals surface area contributed by atoms with Gasteiger partial charge in [0.15, 0.2) is 0 Å². The van der Waals surface area contributed by atoms with Crippen molar-refractivity contribution in [1.29, 1.82) is 0 Å². The number of alkyl halides is 1. The first-order valence-electron chi connectivity index (χ1n) is 14.5. The summed E-state index contributed by atoms with van der Waals surface area (Å²) >= 11 is 0. The van der Waals surface area contributed by atoms with Gasteiger partial charge in [-0.15, -0.1) is 11.7 Å². The maximum absolute atomic E-state index is 14.5. The average molecular weight is 588 g/mol. The maximum Gasteiger partial charge on any atom is 0.374 e. The van der Waals surface area contributed by atoms with Crippen molar-refractivity contribution >= 4 is 11.8 Å². The van der Waals surface area contributed by atoms with Crippen LogP contribution in [0.25, 0.3) is 10.5 Å². The average Bonchev–Trinajstić information content (AvgIpc) is 3.62. The molecule has 0 bridgehead atoms. The highest BCUT2D eigenvalue weighted by molar-refractivity contribution is 5.97. The van der Waals surface area contributed by atoms with E-state index in [4.69, 9.17) is 6.57 Å². The lowest BCUT2D eigenvalue weighted by Crippen LogP contribution is -2.52. The van der Waals surface area contributed by atoms with Gasteiger partial charge < -0.3 is 10.2 Å². The molecule has 5 rings (SSSR count). The lowest BCUT2D eigenvalue weighted by molar-refractivity contribution is -0.135. The van der Waals surface area contributed by atoms with Crippen LogP contribution >= 0.6 is 0 Å². The molecular formula is C32H35F2N7O2. The van der Waals surface area contributed by atoms with Crippen LogP contribution in [0.15, 0.2) is 73.6 Å². The summed E-state index contributed by atoms with van der Waals surface area (Å²) in [5.41, 5.74) is 2.24. The molecule has 3 aromatic rings. The van der Waals surface area contributed by atoms with Crippen molar-refractivity contribution < 1.29 is 18.4 Å². The standard InChI is InChI=1S/C32H35F2N7O2/c1-3-17-39(29-22-27(29)23-6-10-25(33)11-7-23)18-4-5-28(31(43)40-19-14-32(34,35-2)15-20-40)37-30(42)24-8-12-26(13-9-24)41-21-16-36-38-41/h3,6-13,16,21,27-29H,1,4-5,14-15,17-20,22H2,(H,37,42)/t27-,28-,29+/m0/s1. The molecule has 224 valence electrons. The summed E-state index contributed by atoms with van der Waals surface area (Å²) in [5.74, 6) is -2.55. The fourth-order valence-corrected chi connectivity index (χ4v) is 5.72. The second kappa shape index (κ2) is 13.3. The van der Waals surface area contributed by atoms with Gasteiger partial charge in [-0.25, -0.2) is 15.6 Å². The number of nitrogens with zero attached hydrogens (tertiary/aromatic N) is 6. The quantitative estimate of drug-likeness (QED) is 0.191. The van der Waals surface area contributed by atoms with Crippen molar-refractivity contribution in [3.63, 3.8) is 0 Å². The van der Waals surface area contributed by atoms with Crippen molar-refractivity contribution in [2.75, 3.05) is 26.2 Å². The molecule has 2 amide bonds. The molecule has 1 aliphatic heterocycles. The molecular weight excluding hydrogens is 552 g/mol. The highest BCUT2D eigenvalue weighted by Gasteiger charge is 2.43. The molecule has 1 N–H and O–H groups in total. The number of aromatic nitrogens is 3. The number of hydrogen-bond donors (Lipinski definition) is 1. The minimum absolute atomic E-state index is 0.0494. The number of carbonyl (C=O) groups is 2. The lowest BCUT2D eigenvalue weighted by Gasteiger charge is -2.33. The summed E-state index contributed by atoms with van der Waals surface area (Å²) in [6.45, 7) is 12.6. The Labute approximate surface area is 250 Å².